The van der Waals surface area contributed by atoms with Crippen molar-refractivity contribution in [3.63, 3.8) is 0 Å². The zero-order valence-electron chi connectivity index (χ0n) is 19.0. The minimum atomic E-state index is -0.0602. The van der Waals surface area contributed by atoms with Crippen LogP contribution in [-0.4, -0.2) is 33.4 Å². The number of hydrogen-bond acceptors (Lipinski definition) is 4. The predicted molar refractivity (Wildman–Crippen MR) is 134 cm³/mol. The topological polar surface area (TPSA) is 77.8 Å². The summed E-state index contributed by atoms with van der Waals surface area (Å²) in [6.07, 6.45) is 0.420. The van der Waals surface area contributed by atoms with Crippen LogP contribution < -0.4 is 5.62 Å². The first-order valence-corrected chi connectivity index (χ1v) is 11.5. The number of para-hydroxylation sites is 2. The largest absolute Gasteiger partial charge is 0.309 e. The number of fused-ring (bicyclic) bond motifs is 1. The molecule has 0 spiro atoms. The molecule has 0 fully saturated rings. The summed E-state index contributed by atoms with van der Waals surface area (Å²) in [6.45, 7) is 2.24. The summed E-state index contributed by atoms with van der Waals surface area (Å²) in [5.41, 5.74) is 4.88. The highest BCUT2D eigenvalue weighted by atomic mass is 35.5. The van der Waals surface area contributed by atoms with Crippen LogP contribution in [0.4, 0.5) is 0 Å². The predicted octanol–water partition coefficient (Wildman–Crippen LogP) is 4.66. The first-order valence-electron chi connectivity index (χ1n) is 11.1. The first kappa shape index (κ1) is 23.5. The number of nitrogens with one attached hydrogen (secondary N) is 1. The van der Waals surface area contributed by atoms with Crippen molar-refractivity contribution in [2.45, 2.75) is 26.1 Å². The number of halogens is 1. The summed E-state index contributed by atoms with van der Waals surface area (Å²) in [6, 6.07) is 24.9. The number of nitrogens with zero attached hydrogens (tertiary/aromatic N) is 4. The maximum atomic E-state index is 12.9. The zero-order chi connectivity index (χ0) is 24.1. The second-order valence-electron chi connectivity index (χ2n) is 8.37. The highest BCUT2D eigenvalue weighted by Gasteiger charge is 2.15. The van der Waals surface area contributed by atoms with Gasteiger partial charge in [-0.2, -0.15) is 5.26 Å². The number of carbonyl (C=O) groups is 1. The Bertz CT molecular complexity index is 1390. The van der Waals surface area contributed by atoms with Gasteiger partial charge < -0.3 is 14.0 Å². The minimum Gasteiger partial charge on any atom is -0.309 e. The van der Waals surface area contributed by atoms with Crippen LogP contribution in [0.15, 0.2) is 72.8 Å². The van der Waals surface area contributed by atoms with E-state index in [1.165, 1.54) is 5.56 Å². The van der Waals surface area contributed by atoms with E-state index in [2.05, 4.69) is 30.1 Å². The Kier molecular flexibility index (Phi) is 7.27. The number of hydrogen-bond donors (Lipinski definition) is 1. The summed E-state index contributed by atoms with van der Waals surface area (Å²) >= 11 is 5.95. The van der Waals surface area contributed by atoms with E-state index in [1.807, 2.05) is 41.0 Å². The van der Waals surface area contributed by atoms with Gasteiger partial charge in [0, 0.05) is 30.2 Å². The Hall–Kier alpha value is -3.66. The lowest BCUT2D eigenvalue weighted by Gasteiger charge is -2.17. The molecule has 1 N–H and O–H groups in total. The number of nitriles is 1. The van der Waals surface area contributed by atoms with Gasteiger partial charge in [0.05, 0.1) is 30.1 Å². The number of ketones is 1. The van der Waals surface area contributed by atoms with E-state index >= 15 is 0 Å². The van der Waals surface area contributed by atoms with Crippen LogP contribution in [0.1, 0.15) is 21.5 Å². The molecule has 0 aliphatic heterocycles. The van der Waals surface area contributed by atoms with Crippen LogP contribution in [0.3, 0.4) is 0 Å². The lowest BCUT2D eigenvalue weighted by atomic mass is 10.1. The molecule has 1 aromatic heterocycles. The Morgan fingerprint density at radius 3 is 2.24 bits per heavy atom. The van der Waals surface area contributed by atoms with Crippen molar-refractivity contribution >= 4 is 28.4 Å². The van der Waals surface area contributed by atoms with Gasteiger partial charge in [0.15, 0.2) is 5.78 Å². The average molecular weight is 472 g/mol. The van der Waals surface area contributed by atoms with Gasteiger partial charge in [-0.1, -0.05) is 48.0 Å². The van der Waals surface area contributed by atoms with Crippen LogP contribution in [0.5, 0.6) is 0 Å². The molecular weight excluding hydrogens is 446 g/mol. The Morgan fingerprint density at radius 1 is 0.971 bits per heavy atom. The van der Waals surface area contributed by atoms with E-state index in [0.717, 1.165) is 29.7 Å². The van der Waals surface area contributed by atoms with Gasteiger partial charge in [-0.25, -0.2) is 0 Å². The van der Waals surface area contributed by atoms with Gasteiger partial charge in [-0.15, -0.1) is 0 Å². The summed E-state index contributed by atoms with van der Waals surface area (Å²) in [4.78, 5) is 15.1. The molecule has 0 unspecified atom stereocenters. The van der Waals surface area contributed by atoms with E-state index in [0.29, 0.717) is 29.2 Å². The second-order valence-corrected chi connectivity index (χ2v) is 8.81. The molecule has 172 valence electrons. The number of benzene rings is 3. The van der Waals surface area contributed by atoms with Crippen molar-refractivity contribution in [1.82, 2.24) is 14.0 Å². The highest BCUT2D eigenvalue weighted by molar-refractivity contribution is 6.30. The third-order valence-corrected chi connectivity index (χ3v) is 6.16. The molecule has 4 aromatic rings. The Morgan fingerprint density at radius 2 is 1.59 bits per heavy atom. The van der Waals surface area contributed by atoms with Gasteiger partial charge in [-0.05, 0) is 54.6 Å². The van der Waals surface area contributed by atoms with E-state index in [1.54, 1.807) is 28.8 Å². The smallest absolute Gasteiger partial charge is 0.203 e. The maximum Gasteiger partial charge on any atom is 0.203 e. The maximum absolute atomic E-state index is 12.9. The Labute approximate surface area is 203 Å². The third-order valence-electron chi connectivity index (χ3n) is 5.91. The van der Waals surface area contributed by atoms with Crippen molar-refractivity contribution in [3.05, 3.63) is 100 Å². The molecule has 0 saturated heterocycles. The highest BCUT2D eigenvalue weighted by Crippen LogP contribution is 2.16. The van der Waals surface area contributed by atoms with Crippen molar-refractivity contribution < 1.29 is 4.79 Å². The van der Waals surface area contributed by atoms with Crippen LogP contribution in [0, 0.1) is 16.7 Å². The summed E-state index contributed by atoms with van der Waals surface area (Å²) < 4.78 is 3.72. The number of Topliss-reactive ketones (excluding diaryl/α,β-unsaturated/α-hetero) is 1. The van der Waals surface area contributed by atoms with Crippen molar-refractivity contribution in [1.29, 1.82) is 10.7 Å². The number of aromatic nitrogens is 2. The van der Waals surface area contributed by atoms with Crippen LogP contribution >= 0.6 is 11.6 Å². The fraction of sp³-hybridized carbons (Fsp3) is 0.222. The van der Waals surface area contributed by atoms with Gasteiger partial charge >= 0.3 is 0 Å². The molecule has 6 nitrogen and oxygen atoms in total. The van der Waals surface area contributed by atoms with Gasteiger partial charge in [0.1, 0.15) is 0 Å². The second kappa shape index (κ2) is 10.5. The molecule has 0 aliphatic carbocycles. The van der Waals surface area contributed by atoms with Crippen molar-refractivity contribution in [2.24, 2.45) is 0 Å². The fourth-order valence-electron chi connectivity index (χ4n) is 4.07. The molecule has 0 radical (unpaired) electrons. The average Bonchev–Trinajstić information content (AvgIpc) is 3.10. The standard InChI is InChI=1S/C27H26ClN5O/c1-31(18-21-8-6-20(7-9-21)14-15-29)16-17-32-24-4-2-3-5-25(24)33(27(32)30)19-26(34)22-10-12-23(28)13-11-22/h2-13,30H,14,16-19H2,1H3. The number of carbonyl (C=O) groups excluding carboxylic acids is 1. The van der Waals surface area contributed by atoms with Crippen molar-refractivity contribution in [2.75, 3.05) is 13.6 Å². The molecule has 34 heavy (non-hydrogen) atoms. The van der Waals surface area contributed by atoms with Gasteiger partial charge in [-0.3, -0.25) is 10.2 Å². The summed E-state index contributed by atoms with van der Waals surface area (Å²) in [7, 11) is 2.05. The van der Waals surface area contributed by atoms with E-state index in [4.69, 9.17) is 22.3 Å². The van der Waals surface area contributed by atoms with Crippen LogP contribution in [0.2, 0.25) is 5.02 Å². The molecule has 0 amide bonds. The quantitative estimate of drug-likeness (QED) is 0.361. The van der Waals surface area contributed by atoms with Crippen LogP contribution in [0.25, 0.3) is 11.0 Å². The van der Waals surface area contributed by atoms with E-state index < -0.39 is 0 Å². The molecule has 0 bridgehead atoms. The van der Waals surface area contributed by atoms with Crippen molar-refractivity contribution in [3.8, 4) is 6.07 Å². The molecule has 3 aromatic carbocycles. The first-order chi connectivity index (χ1) is 16.5. The van der Waals surface area contributed by atoms with Gasteiger partial charge in [0.25, 0.3) is 0 Å². The van der Waals surface area contributed by atoms with Crippen LogP contribution in [-0.2, 0) is 26.1 Å². The van der Waals surface area contributed by atoms with Gasteiger partial charge in [0.2, 0.25) is 5.62 Å². The number of rotatable bonds is 9. The SMILES string of the molecule is CN(CCn1c(=N)n(CC(=O)c2ccc(Cl)cc2)c2ccccc21)Cc1ccc(CC#N)cc1. The van der Waals surface area contributed by atoms with E-state index in [-0.39, 0.29) is 12.3 Å². The molecule has 0 saturated carbocycles. The molecular formula is C27H26ClN5O. The Balaban J connectivity index is 1.50. The number of likely N-dealkylation sites (N-methyl/N-ethyl adjacent to an activating group) is 1. The third kappa shape index (κ3) is 5.28. The lowest BCUT2D eigenvalue weighted by Crippen LogP contribution is -2.31. The minimum absolute atomic E-state index is 0.0602. The normalized spacial score (nSPS) is 11.1. The molecule has 0 aliphatic rings. The van der Waals surface area contributed by atoms with E-state index in [9.17, 15) is 4.79 Å². The summed E-state index contributed by atoms with van der Waals surface area (Å²) in [5.74, 6) is -0.0602. The molecule has 1 heterocycles. The summed E-state index contributed by atoms with van der Waals surface area (Å²) in [5, 5.41) is 18.2. The molecule has 7 heteroatoms. The fourth-order valence-corrected chi connectivity index (χ4v) is 4.19. The lowest BCUT2D eigenvalue weighted by molar-refractivity contribution is 0.0971. The molecule has 0 atom stereocenters. The molecule has 4 rings (SSSR count). The zero-order valence-corrected chi connectivity index (χ0v) is 19.8. The number of imidazole rings is 1. The monoisotopic (exact) mass is 471 g/mol.